The molecule has 0 spiro atoms. The molecule has 0 bridgehead atoms. The summed E-state index contributed by atoms with van der Waals surface area (Å²) in [5.41, 5.74) is 2.22. The van der Waals surface area contributed by atoms with Gasteiger partial charge in [-0.25, -0.2) is 0 Å². The van der Waals surface area contributed by atoms with Crippen LogP contribution in [-0.4, -0.2) is 55.8 Å². The van der Waals surface area contributed by atoms with Gasteiger partial charge in [0.25, 0.3) is 5.91 Å². The minimum absolute atomic E-state index is 0.0867. The fraction of sp³-hybridized carbons (Fsp3) is 0.429. The predicted octanol–water partition coefficient (Wildman–Crippen LogP) is 2.86. The van der Waals surface area contributed by atoms with Crippen LogP contribution >= 0.6 is 0 Å². The van der Waals surface area contributed by atoms with Gasteiger partial charge >= 0.3 is 0 Å². The number of hydrogen-bond acceptors (Lipinski definition) is 4. The number of nitrogens with zero attached hydrogens (tertiary/aromatic N) is 3. The molecule has 6 nitrogen and oxygen atoms in total. The van der Waals surface area contributed by atoms with Crippen molar-refractivity contribution in [1.82, 2.24) is 9.80 Å². The van der Waals surface area contributed by atoms with Crippen molar-refractivity contribution in [2.75, 3.05) is 39.1 Å². The van der Waals surface area contributed by atoms with Gasteiger partial charge in [0.15, 0.2) is 5.76 Å². The van der Waals surface area contributed by atoms with Crippen LogP contribution in [0.1, 0.15) is 29.0 Å². The van der Waals surface area contributed by atoms with Gasteiger partial charge in [-0.1, -0.05) is 12.1 Å². The van der Waals surface area contributed by atoms with Gasteiger partial charge in [0, 0.05) is 46.5 Å². The lowest BCUT2D eigenvalue weighted by Gasteiger charge is -2.33. The minimum Gasteiger partial charge on any atom is -0.459 e. The predicted molar refractivity (Wildman–Crippen MR) is 105 cm³/mol. The van der Waals surface area contributed by atoms with Gasteiger partial charge in [0.2, 0.25) is 5.91 Å². The molecule has 1 aliphatic heterocycles. The summed E-state index contributed by atoms with van der Waals surface area (Å²) in [5.74, 6) is 0.115. The smallest absolute Gasteiger partial charge is 0.289 e. The minimum atomic E-state index is -0.163. The van der Waals surface area contributed by atoms with E-state index in [4.69, 9.17) is 4.42 Å². The first-order valence-electron chi connectivity index (χ1n) is 9.29. The van der Waals surface area contributed by atoms with Crippen LogP contribution in [0, 0.1) is 5.92 Å². The van der Waals surface area contributed by atoms with Crippen molar-refractivity contribution >= 4 is 17.5 Å². The summed E-state index contributed by atoms with van der Waals surface area (Å²) >= 11 is 0. The first-order chi connectivity index (χ1) is 13.0. The third-order valence-electron chi connectivity index (χ3n) is 5.04. The molecular weight excluding hydrogens is 342 g/mol. The van der Waals surface area contributed by atoms with Crippen molar-refractivity contribution in [2.45, 2.75) is 19.4 Å². The fourth-order valence-corrected chi connectivity index (χ4v) is 3.48. The molecule has 6 heteroatoms. The van der Waals surface area contributed by atoms with E-state index >= 15 is 0 Å². The maximum atomic E-state index is 12.9. The van der Waals surface area contributed by atoms with Crippen molar-refractivity contribution in [3.05, 3.63) is 54.0 Å². The molecule has 1 aliphatic rings. The summed E-state index contributed by atoms with van der Waals surface area (Å²) in [6, 6.07) is 11.6. The highest BCUT2D eigenvalue weighted by atomic mass is 16.3. The zero-order valence-electron chi connectivity index (χ0n) is 16.2. The summed E-state index contributed by atoms with van der Waals surface area (Å²) in [5, 5.41) is 0. The van der Waals surface area contributed by atoms with E-state index < -0.39 is 0 Å². The Morgan fingerprint density at radius 2 is 1.89 bits per heavy atom. The molecule has 0 saturated carbocycles. The molecule has 27 heavy (non-hydrogen) atoms. The van der Waals surface area contributed by atoms with E-state index in [9.17, 15) is 9.59 Å². The van der Waals surface area contributed by atoms with Gasteiger partial charge in [-0.15, -0.1) is 0 Å². The normalized spacial score (nSPS) is 16.9. The Bertz CT molecular complexity index is 768. The number of likely N-dealkylation sites (tertiary alicyclic amines) is 1. The highest BCUT2D eigenvalue weighted by Gasteiger charge is 2.31. The lowest BCUT2D eigenvalue weighted by atomic mass is 9.96. The molecule has 0 radical (unpaired) electrons. The van der Waals surface area contributed by atoms with E-state index in [-0.39, 0.29) is 17.7 Å². The molecule has 1 aromatic carbocycles. The van der Waals surface area contributed by atoms with E-state index in [1.54, 1.807) is 21.9 Å². The third kappa shape index (κ3) is 4.51. The SMILES string of the molecule is CN(Cc1ccc(N(C)C)cc1)C(=O)C1CCCN(C(=O)c2ccco2)C1. The first-order valence-corrected chi connectivity index (χ1v) is 9.29. The Morgan fingerprint density at radius 3 is 2.52 bits per heavy atom. The number of benzene rings is 1. The summed E-state index contributed by atoms with van der Waals surface area (Å²) in [7, 11) is 5.84. The molecule has 2 amide bonds. The van der Waals surface area contributed by atoms with Gasteiger partial charge in [0.1, 0.15) is 0 Å². The average molecular weight is 369 g/mol. The van der Waals surface area contributed by atoms with Gasteiger partial charge in [-0.2, -0.15) is 0 Å². The van der Waals surface area contributed by atoms with Gasteiger partial charge < -0.3 is 19.1 Å². The van der Waals surface area contributed by atoms with Crippen molar-refractivity contribution < 1.29 is 14.0 Å². The topological polar surface area (TPSA) is 57.0 Å². The van der Waals surface area contributed by atoms with Crippen molar-refractivity contribution in [3.63, 3.8) is 0 Å². The number of hydrogen-bond donors (Lipinski definition) is 0. The number of piperidine rings is 1. The maximum Gasteiger partial charge on any atom is 0.289 e. The second-order valence-corrected chi connectivity index (χ2v) is 7.32. The Balaban J connectivity index is 1.59. The Hall–Kier alpha value is -2.76. The molecule has 1 fully saturated rings. The van der Waals surface area contributed by atoms with Crippen molar-refractivity contribution in [3.8, 4) is 0 Å². The van der Waals surface area contributed by atoms with Crippen LogP contribution in [0.4, 0.5) is 5.69 Å². The fourth-order valence-electron chi connectivity index (χ4n) is 3.48. The molecule has 1 saturated heterocycles. The van der Waals surface area contributed by atoms with Crippen LogP contribution in [0.3, 0.4) is 0 Å². The van der Waals surface area contributed by atoms with E-state index in [1.807, 2.05) is 38.2 Å². The molecule has 0 N–H and O–H groups in total. The monoisotopic (exact) mass is 369 g/mol. The van der Waals surface area contributed by atoms with E-state index in [0.29, 0.717) is 25.4 Å². The third-order valence-corrected chi connectivity index (χ3v) is 5.04. The lowest BCUT2D eigenvalue weighted by molar-refractivity contribution is -0.136. The standard InChI is InChI=1S/C21H27N3O3/c1-22(2)18-10-8-16(9-11-18)14-23(3)20(25)17-6-4-12-24(15-17)21(26)19-7-5-13-27-19/h5,7-11,13,17H,4,6,12,14-15H2,1-3H3. The molecule has 3 rings (SSSR count). The number of rotatable bonds is 5. The Labute approximate surface area is 160 Å². The van der Waals surface area contributed by atoms with E-state index in [1.165, 1.54) is 6.26 Å². The van der Waals surface area contributed by atoms with Crippen LogP contribution < -0.4 is 4.90 Å². The van der Waals surface area contributed by atoms with Crippen LogP contribution in [0.2, 0.25) is 0 Å². The quantitative estimate of drug-likeness (QED) is 0.813. The molecule has 2 heterocycles. The van der Waals surface area contributed by atoms with Gasteiger partial charge in [-0.3, -0.25) is 9.59 Å². The number of anilines is 1. The summed E-state index contributed by atoms with van der Waals surface area (Å²) in [6.07, 6.45) is 3.13. The van der Waals surface area contributed by atoms with Crippen molar-refractivity contribution in [2.24, 2.45) is 5.92 Å². The molecular formula is C21H27N3O3. The summed E-state index contributed by atoms with van der Waals surface area (Å²) < 4.78 is 5.21. The van der Waals surface area contributed by atoms with Crippen LogP contribution in [0.25, 0.3) is 0 Å². The van der Waals surface area contributed by atoms with Crippen LogP contribution in [0.15, 0.2) is 47.1 Å². The Morgan fingerprint density at radius 1 is 1.15 bits per heavy atom. The maximum absolute atomic E-state index is 12.9. The van der Waals surface area contributed by atoms with Crippen molar-refractivity contribution in [1.29, 1.82) is 0 Å². The molecule has 1 unspecified atom stereocenters. The zero-order chi connectivity index (χ0) is 19.4. The van der Waals surface area contributed by atoms with Crippen LogP contribution in [0.5, 0.6) is 0 Å². The largest absolute Gasteiger partial charge is 0.459 e. The van der Waals surface area contributed by atoms with Gasteiger partial charge in [0.05, 0.1) is 12.2 Å². The van der Waals surface area contributed by atoms with E-state index in [0.717, 1.165) is 24.1 Å². The number of furan rings is 1. The second-order valence-electron chi connectivity index (χ2n) is 7.32. The summed E-state index contributed by atoms with van der Waals surface area (Å²) in [4.78, 5) is 30.9. The molecule has 1 atom stereocenters. The lowest BCUT2D eigenvalue weighted by Crippen LogP contribution is -2.45. The molecule has 1 aromatic heterocycles. The molecule has 0 aliphatic carbocycles. The number of carbonyl (C=O) groups is 2. The summed E-state index contributed by atoms with van der Waals surface area (Å²) in [6.45, 7) is 1.68. The number of carbonyl (C=O) groups excluding carboxylic acids is 2. The molecule has 144 valence electrons. The van der Waals surface area contributed by atoms with Crippen LogP contribution in [-0.2, 0) is 11.3 Å². The van der Waals surface area contributed by atoms with Gasteiger partial charge in [-0.05, 0) is 42.7 Å². The second kappa shape index (κ2) is 8.29. The zero-order valence-corrected chi connectivity index (χ0v) is 16.2. The average Bonchev–Trinajstić information content (AvgIpc) is 3.22. The highest BCUT2D eigenvalue weighted by Crippen LogP contribution is 2.22. The van der Waals surface area contributed by atoms with E-state index in [2.05, 4.69) is 12.1 Å². The Kier molecular flexibility index (Phi) is 5.84. The number of amides is 2. The highest BCUT2D eigenvalue weighted by molar-refractivity contribution is 5.92. The first kappa shape index (κ1) is 19.0. The molecule has 2 aromatic rings.